The zero-order chi connectivity index (χ0) is 13.5. The van der Waals surface area contributed by atoms with Crippen molar-refractivity contribution in [3.05, 3.63) is 52.9 Å². The fourth-order valence-electron chi connectivity index (χ4n) is 2.50. The van der Waals surface area contributed by atoms with Gasteiger partial charge in [-0.3, -0.25) is 0 Å². The molecule has 1 saturated carbocycles. The molecule has 98 valence electrons. The molecule has 2 atom stereocenters. The molecular weight excluding hydrogens is 258 g/mol. The zero-order valence-electron chi connectivity index (χ0n) is 11.0. The van der Waals surface area contributed by atoms with E-state index >= 15 is 0 Å². The molecule has 0 unspecified atom stereocenters. The summed E-state index contributed by atoms with van der Waals surface area (Å²) in [5.74, 6) is 1.50. The first-order chi connectivity index (χ1) is 9.08. The number of hydrogen-bond acceptors (Lipinski definition) is 3. The minimum Gasteiger partial charge on any atom is -0.366 e. The van der Waals surface area contributed by atoms with Gasteiger partial charge in [0, 0.05) is 17.5 Å². The highest BCUT2D eigenvalue weighted by molar-refractivity contribution is 6.29. The Morgan fingerprint density at radius 3 is 2.68 bits per heavy atom. The number of aromatic nitrogens is 2. The van der Waals surface area contributed by atoms with Gasteiger partial charge in [-0.1, -0.05) is 48.9 Å². The first kappa shape index (κ1) is 12.4. The quantitative estimate of drug-likeness (QED) is 0.869. The second-order valence-electron chi connectivity index (χ2n) is 5.31. The van der Waals surface area contributed by atoms with Crippen LogP contribution in [0.5, 0.6) is 0 Å². The van der Waals surface area contributed by atoms with E-state index in [4.69, 9.17) is 11.6 Å². The van der Waals surface area contributed by atoms with Gasteiger partial charge in [0.15, 0.2) is 0 Å². The largest absolute Gasteiger partial charge is 0.366 e. The summed E-state index contributed by atoms with van der Waals surface area (Å²) < 4.78 is 0. The zero-order valence-corrected chi connectivity index (χ0v) is 11.8. The lowest BCUT2D eigenvalue weighted by molar-refractivity contribution is 0.756. The van der Waals surface area contributed by atoms with Crippen molar-refractivity contribution < 1.29 is 0 Å². The number of rotatable bonds is 3. The molecule has 1 fully saturated rings. The van der Waals surface area contributed by atoms with Gasteiger partial charge in [-0.05, 0) is 18.9 Å². The molecule has 1 heterocycles. The van der Waals surface area contributed by atoms with Crippen LogP contribution in [-0.4, -0.2) is 16.0 Å². The molecule has 19 heavy (non-hydrogen) atoms. The third-order valence-electron chi connectivity index (χ3n) is 3.80. The Kier molecular flexibility index (Phi) is 2.94. The lowest BCUT2D eigenvalue weighted by Crippen LogP contribution is -2.15. The smallest absolute Gasteiger partial charge is 0.134 e. The Morgan fingerprint density at radius 1 is 1.26 bits per heavy atom. The third kappa shape index (κ3) is 2.43. The normalized spacial score (nSPS) is 25.1. The molecular formula is C15H16ClN3. The predicted molar refractivity (Wildman–Crippen MR) is 77.6 cm³/mol. The van der Waals surface area contributed by atoms with Crippen molar-refractivity contribution in [1.82, 2.24) is 9.97 Å². The molecule has 3 nitrogen and oxygen atoms in total. The van der Waals surface area contributed by atoms with Gasteiger partial charge in [-0.15, -0.1) is 0 Å². The highest BCUT2D eigenvalue weighted by Crippen LogP contribution is 2.49. The van der Waals surface area contributed by atoms with Gasteiger partial charge in [-0.25, -0.2) is 9.97 Å². The number of hydrogen-bond donors (Lipinski definition) is 1. The van der Waals surface area contributed by atoms with Crippen LogP contribution in [-0.2, 0) is 5.41 Å². The van der Waals surface area contributed by atoms with Crippen LogP contribution in [0.4, 0.5) is 5.82 Å². The van der Waals surface area contributed by atoms with E-state index in [1.54, 1.807) is 6.07 Å². The number of halogens is 1. The van der Waals surface area contributed by atoms with Crippen molar-refractivity contribution in [2.75, 3.05) is 5.32 Å². The molecule has 0 saturated heterocycles. The van der Waals surface area contributed by atoms with Crippen molar-refractivity contribution in [2.45, 2.75) is 31.7 Å². The SMILES string of the molecule is Cc1nc(Cl)cc(N[C@H]2C[C@]2(C)c2ccccc2)n1. The summed E-state index contributed by atoms with van der Waals surface area (Å²) in [6.07, 6.45) is 1.11. The minimum absolute atomic E-state index is 0.187. The van der Waals surface area contributed by atoms with E-state index in [-0.39, 0.29) is 5.41 Å². The predicted octanol–water partition coefficient (Wildman–Crippen LogP) is 3.58. The number of nitrogens with one attached hydrogen (secondary N) is 1. The lowest BCUT2D eigenvalue weighted by atomic mass is 9.98. The molecule has 0 bridgehead atoms. The molecule has 0 aliphatic heterocycles. The summed E-state index contributed by atoms with van der Waals surface area (Å²) in [7, 11) is 0. The summed E-state index contributed by atoms with van der Waals surface area (Å²) >= 11 is 5.95. The van der Waals surface area contributed by atoms with Gasteiger partial charge in [0.1, 0.15) is 16.8 Å². The topological polar surface area (TPSA) is 37.8 Å². The summed E-state index contributed by atoms with van der Waals surface area (Å²) in [6.45, 7) is 4.12. The Hall–Kier alpha value is -1.61. The molecule has 3 rings (SSSR count). The maximum atomic E-state index is 5.95. The minimum atomic E-state index is 0.187. The van der Waals surface area contributed by atoms with Gasteiger partial charge < -0.3 is 5.32 Å². The average molecular weight is 274 g/mol. The number of anilines is 1. The first-order valence-electron chi connectivity index (χ1n) is 6.41. The van der Waals surface area contributed by atoms with Crippen molar-refractivity contribution in [2.24, 2.45) is 0 Å². The Balaban J connectivity index is 1.77. The Morgan fingerprint density at radius 2 is 2.00 bits per heavy atom. The molecule has 2 aromatic rings. The summed E-state index contributed by atoms with van der Waals surface area (Å²) in [5, 5.41) is 3.93. The van der Waals surface area contributed by atoms with Crippen LogP contribution in [0.25, 0.3) is 0 Å². The van der Waals surface area contributed by atoms with E-state index in [1.807, 2.05) is 13.0 Å². The Labute approximate surface area is 118 Å². The van der Waals surface area contributed by atoms with E-state index in [0.29, 0.717) is 17.0 Å². The van der Waals surface area contributed by atoms with Crippen molar-refractivity contribution in [3.8, 4) is 0 Å². The van der Waals surface area contributed by atoms with E-state index in [1.165, 1.54) is 5.56 Å². The highest BCUT2D eigenvalue weighted by atomic mass is 35.5. The molecule has 1 aromatic heterocycles. The van der Waals surface area contributed by atoms with Crippen LogP contribution in [0.3, 0.4) is 0 Å². The second-order valence-corrected chi connectivity index (χ2v) is 5.69. The molecule has 0 radical (unpaired) electrons. The lowest BCUT2D eigenvalue weighted by Gasteiger charge is -2.13. The van der Waals surface area contributed by atoms with Crippen LogP contribution in [0.2, 0.25) is 5.15 Å². The van der Waals surface area contributed by atoms with Crippen LogP contribution < -0.4 is 5.32 Å². The van der Waals surface area contributed by atoms with E-state index in [0.717, 1.165) is 12.2 Å². The molecule has 1 N–H and O–H groups in total. The Bertz CT molecular complexity index is 579. The summed E-state index contributed by atoms with van der Waals surface area (Å²) in [5.41, 5.74) is 1.55. The number of aryl methyl sites for hydroxylation is 1. The molecule has 0 spiro atoms. The van der Waals surface area contributed by atoms with Crippen molar-refractivity contribution in [1.29, 1.82) is 0 Å². The van der Waals surface area contributed by atoms with E-state index in [2.05, 4.69) is 46.5 Å². The maximum absolute atomic E-state index is 5.95. The first-order valence-corrected chi connectivity index (χ1v) is 6.79. The molecule has 0 amide bonds. The molecule has 4 heteroatoms. The average Bonchev–Trinajstić information content (AvgIpc) is 3.01. The van der Waals surface area contributed by atoms with Crippen LogP contribution >= 0.6 is 11.6 Å². The molecule has 1 aliphatic carbocycles. The number of nitrogens with zero attached hydrogens (tertiary/aromatic N) is 2. The molecule has 1 aliphatic rings. The van der Waals surface area contributed by atoms with Crippen molar-refractivity contribution >= 4 is 17.4 Å². The summed E-state index contributed by atoms with van der Waals surface area (Å²) in [4.78, 5) is 8.44. The van der Waals surface area contributed by atoms with Gasteiger partial charge in [0.2, 0.25) is 0 Å². The fourth-order valence-corrected chi connectivity index (χ4v) is 2.72. The standard InChI is InChI=1S/C15H16ClN3/c1-10-17-13(16)8-14(18-10)19-12-9-15(12,2)11-6-4-3-5-7-11/h3-8,12H,9H2,1-2H3,(H,17,18,19)/t12-,15+/m0/s1. The van der Waals surface area contributed by atoms with Gasteiger partial charge in [0.05, 0.1) is 0 Å². The van der Waals surface area contributed by atoms with E-state index < -0.39 is 0 Å². The third-order valence-corrected chi connectivity index (χ3v) is 3.99. The fraction of sp³-hybridized carbons (Fsp3) is 0.333. The van der Waals surface area contributed by atoms with Crippen molar-refractivity contribution in [3.63, 3.8) is 0 Å². The van der Waals surface area contributed by atoms with Gasteiger partial charge in [0.25, 0.3) is 0 Å². The molecule has 1 aromatic carbocycles. The number of benzene rings is 1. The maximum Gasteiger partial charge on any atom is 0.134 e. The van der Waals surface area contributed by atoms with Gasteiger partial charge in [-0.2, -0.15) is 0 Å². The highest BCUT2D eigenvalue weighted by Gasteiger charge is 2.51. The van der Waals surface area contributed by atoms with Crippen LogP contribution in [0, 0.1) is 6.92 Å². The van der Waals surface area contributed by atoms with Gasteiger partial charge >= 0.3 is 0 Å². The van der Waals surface area contributed by atoms with E-state index in [9.17, 15) is 0 Å². The second kappa shape index (κ2) is 4.49. The van der Waals surface area contributed by atoms with Crippen LogP contribution in [0.15, 0.2) is 36.4 Å². The summed E-state index contributed by atoms with van der Waals surface area (Å²) in [6, 6.07) is 12.8. The monoisotopic (exact) mass is 273 g/mol. The van der Waals surface area contributed by atoms with Crippen LogP contribution in [0.1, 0.15) is 24.7 Å².